The molecule has 2 aliphatic rings. The SMILES string of the molecule is CC1CCCN(c2cncc(C(=O)N3c4ccccc4CC3C)c2)C1. The normalized spacial score (nSPS) is 22.8. The number of anilines is 2. The summed E-state index contributed by atoms with van der Waals surface area (Å²) in [6, 6.07) is 10.4. The molecule has 4 rings (SSSR count). The number of piperidine rings is 1. The third kappa shape index (κ3) is 3.01. The predicted molar refractivity (Wildman–Crippen MR) is 101 cm³/mol. The Kier molecular flexibility index (Phi) is 4.20. The fourth-order valence-electron chi connectivity index (χ4n) is 4.16. The minimum atomic E-state index is 0.0526. The largest absolute Gasteiger partial charge is 0.370 e. The van der Waals surface area contributed by atoms with Gasteiger partial charge in [0, 0.05) is 31.0 Å². The highest BCUT2D eigenvalue weighted by Gasteiger charge is 2.31. The quantitative estimate of drug-likeness (QED) is 0.835. The van der Waals surface area contributed by atoms with E-state index in [-0.39, 0.29) is 11.9 Å². The number of pyridine rings is 1. The Bertz CT molecular complexity index is 788. The summed E-state index contributed by atoms with van der Waals surface area (Å²) in [6.07, 6.45) is 6.99. The first kappa shape index (κ1) is 16.1. The fraction of sp³-hybridized carbons (Fsp3) is 0.429. The lowest BCUT2D eigenvalue weighted by molar-refractivity contribution is 0.0981. The number of carbonyl (C=O) groups is 1. The highest BCUT2D eigenvalue weighted by Crippen LogP contribution is 2.33. The van der Waals surface area contributed by atoms with Crippen molar-refractivity contribution >= 4 is 17.3 Å². The van der Waals surface area contributed by atoms with Gasteiger partial charge in [-0.25, -0.2) is 0 Å². The standard InChI is InChI=1S/C21H25N3O/c1-15-6-5-9-23(14-15)19-11-18(12-22-13-19)21(25)24-16(2)10-17-7-3-4-8-20(17)24/h3-4,7-8,11-13,15-16H,5-6,9-10,14H2,1-2H3. The summed E-state index contributed by atoms with van der Waals surface area (Å²) in [4.78, 5) is 21.8. The van der Waals surface area contributed by atoms with E-state index in [1.165, 1.54) is 18.4 Å². The van der Waals surface area contributed by atoms with Crippen molar-refractivity contribution in [2.45, 2.75) is 39.2 Å². The molecule has 4 nitrogen and oxygen atoms in total. The molecule has 0 bridgehead atoms. The van der Waals surface area contributed by atoms with Crippen LogP contribution in [0.5, 0.6) is 0 Å². The average molecular weight is 335 g/mol. The van der Waals surface area contributed by atoms with E-state index in [2.05, 4.69) is 29.8 Å². The van der Waals surface area contributed by atoms with Crippen LogP contribution in [-0.4, -0.2) is 30.0 Å². The first-order valence-electron chi connectivity index (χ1n) is 9.25. The molecule has 0 saturated carbocycles. The molecule has 25 heavy (non-hydrogen) atoms. The van der Waals surface area contributed by atoms with Crippen LogP contribution >= 0.6 is 0 Å². The molecule has 1 saturated heterocycles. The summed E-state index contributed by atoms with van der Waals surface area (Å²) in [5, 5.41) is 0. The molecule has 0 spiro atoms. The fourth-order valence-corrected chi connectivity index (χ4v) is 4.16. The Balaban J connectivity index is 1.62. The molecule has 1 amide bonds. The van der Waals surface area contributed by atoms with Gasteiger partial charge in [-0.05, 0) is 49.8 Å². The minimum Gasteiger partial charge on any atom is -0.370 e. The topological polar surface area (TPSA) is 36.4 Å². The van der Waals surface area contributed by atoms with Crippen LogP contribution in [0.25, 0.3) is 0 Å². The van der Waals surface area contributed by atoms with Gasteiger partial charge in [-0.1, -0.05) is 25.1 Å². The van der Waals surface area contributed by atoms with Crippen molar-refractivity contribution in [3.8, 4) is 0 Å². The predicted octanol–water partition coefficient (Wildman–Crippen LogP) is 3.91. The van der Waals surface area contributed by atoms with Gasteiger partial charge >= 0.3 is 0 Å². The third-order valence-corrected chi connectivity index (χ3v) is 5.42. The van der Waals surface area contributed by atoms with Crippen LogP contribution in [0, 0.1) is 5.92 Å². The van der Waals surface area contributed by atoms with Crippen LogP contribution < -0.4 is 9.80 Å². The van der Waals surface area contributed by atoms with E-state index in [1.54, 1.807) is 6.20 Å². The van der Waals surface area contributed by atoms with E-state index in [0.29, 0.717) is 11.5 Å². The highest BCUT2D eigenvalue weighted by atomic mass is 16.2. The first-order chi connectivity index (χ1) is 12.1. The van der Waals surface area contributed by atoms with Crippen molar-refractivity contribution in [2.75, 3.05) is 22.9 Å². The van der Waals surface area contributed by atoms with E-state index < -0.39 is 0 Å². The molecule has 1 aromatic carbocycles. The molecule has 0 aliphatic carbocycles. The molecule has 2 unspecified atom stereocenters. The van der Waals surface area contributed by atoms with Crippen molar-refractivity contribution in [1.29, 1.82) is 0 Å². The second-order valence-corrected chi connectivity index (χ2v) is 7.48. The Labute approximate surface area is 149 Å². The van der Waals surface area contributed by atoms with Gasteiger partial charge in [0.25, 0.3) is 5.91 Å². The van der Waals surface area contributed by atoms with Crippen LogP contribution in [0.2, 0.25) is 0 Å². The lowest BCUT2D eigenvalue weighted by atomic mass is 10.00. The second kappa shape index (κ2) is 6.51. The van der Waals surface area contributed by atoms with E-state index in [9.17, 15) is 4.79 Å². The van der Waals surface area contributed by atoms with Gasteiger partial charge in [0.1, 0.15) is 0 Å². The van der Waals surface area contributed by atoms with Crippen molar-refractivity contribution in [2.24, 2.45) is 5.92 Å². The maximum Gasteiger partial charge on any atom is 0.260 e. The molecular weight excluding hydrogens is 310 g/mol. The zero-order valence-corrected chi connectivity index (χ0v) is 15.0. The summed E-state index contributed by atoms with van der Waals surface area (Å²) in [6.45, 7) is 6.49. The number of fused-ring (bicyclic) bond motifs is 1. The summed E-state index contributed by atoms with van der Waals surface area (Å²) in [7, 11) is 0. The summed E-state index contributed by atoms with van der Waals surface area (Å²) < 4.78 is 0. The van der Waals surface area contributed by atoms with E-state index in [4.69, 9.17) is 0 Å². The number of hydrogen-bond donors (Lipinski definition) is 0. The number of carbonyl (C=O) groups excluding carboxylic acids is 1. The molecular formula is C21H25N3O. The van der Waals surface area contributed by atoms with Crippen LogP contribution in [0.1, 0.15) is 42.6 Å². The van der Waals surface area contributed by atoms with E-state index in [0.717, 1.165) is 30.9 Å². The van der Waals surface area contributed by atoms with Gasteiger partial charge in [-0.15, -0.1) is 0 Å². The molecule has 1 aromatic heterocycles. The summed E-state index contributed by atoms with van der Waals surface area (Å²) in [5.74, 6) is 0.746. The zero-order chi connectivity index (χ0) is 17.4. The summed E-state index contributed by atoms with van der Waals surface area (Å²) >= 11 is 0. The molecule has 2 aliphatic heterocycles. The third-order valence-electron chi connectivity index (χ3n) is 5.42. The zero-order valence-electron chi connectivity index (χ0n) is 15.0. The van der Waals surface area contributed by atoms with Gasteiger partial charge in [0.05, 0.1) is 17.4 Å². The molecule has 2 aromatic rings. The van der Waals surface area contributed by atoms with Gasteiger partial charge < -0.3 is 9.80 Å². The Morgan fingerprint density at radius 2 is 2.04 bits per heavy atom. The molecule has 130 valence electrons. The Hall–Kier alpha value is -2.36. The van der Waals surface area contributed by atoms with E-state index in [1.807, 2.05) is 35.4 Å². The van der Waals surface area contributed by atoms with Crippen LogP contribution in [0.3, 0.4) is 0 Å². The molecule has 3 heterocycles. The number of aromatic nitrogens is 1. The van der Waals surface area contributed by atoms with Gasteiger partial charge in [-0.2, -0.15) is 0 Å². The first-order valence-corrected chi connectivity index (χ1v) is 9.25. The average Bonchev–Trinajstić information content (AvgIpc) is 2.97. The number of para-hydroxylation sites is 1. The number of hydrogen-bond acceptors (Lipinski definition) is 3. The molecule has 1 fully saturated rings. The number of rotatable bonds is 2. The number of amides is 1. The molecule has 2 atom stereocenters. The van der Waals surface area contributed by atoms with Crippen LogP contribution in [0.4, 0.5) is 11.4 Å². The smallest absolute Gasteiger partial charge is 0.260 e. The Morgan fingerprint density at radius 3 is 2.88 bits per heavy atom. The van der Waals surface area contributed by atoms with Gasteiger partial charge in [0.2, 0.25) is 0 Å². The van der Waals surface area contributed by atoms with Crippen LogP contribution in [0.15, 0.2) is 42.7 Å². The lowest BCUT2D eigenvalue weighted by Crippen LogP contribution is -2.36. The highest BCUT2D eigenvalue weighted by molar-refractivity contribution is 6.08. The molecule has 0 radical (unpaired) electrons. The second-order valence-electron chi connectivity index (χ2n) is 7.48. The number of nitrogens with zero attached hydrogens (tertiary/aromatic N) is 3. The molecule has 4 heteroatoms. The van der Waals surface area contributed by atoms with Crippen molar-refractivity contribution < 1.29 is 4.79 Å². The maximum absolute atomic E-state index is 13.2. The van der Waals surface area contributed by atoms with Gasteiger partial charge in [-0.3, -0.25) is 9.78 Å². The monoisotopic (exact) mass is 335 g/mol. The molecule has 0 N–H and O–H groups in total. The minimum absolute atomic E-state index is 0.0526. The van der Waals surface area contributed by atoms with Crippen molar-refractivity contribution in [1.82, 2.24) is 4.98 Å². The van der Waals surface area contributed by atoms with Crippen molar-refractivity contribution in [3.63, 3.8) is 0 Å². The van der Waals surface area contributed by atoms with E-state index >= 15 is 0 Å². The summed E-state index contributed by atoms with van der Waals surface area (Å²) in [5.41, 5.74) is 4.03. The van der Waals surface area contributed by atoms with Crippen LogP contribution in [-0.2, 0) is 6.42 Å². The lowest BCUT2D eigenvalue weighted by Gasteiger charge is -2.32. The van der Waals surface area contributed by atoms with Gasteiger partial charge in [0.15, 0.2) is 0 Å². The van der Waals surface area contributed by atoms with Crippen molar-refractivity contribution in [3.05, 3.63) is 53.9 Å². The Morgan fingerprint density at radius 1 is 1.20 bits per heavy atom. The maximum atomic E-state index is 13.2. The number of benzene rings is 1.